The standard InChI is InChI=1S/C16H17N3O4.C2HF3O2/c20-15(21)7-11-2-1-3-12(6-11)16(22)18-13-8-23-9-14(13)19-5-4-17-10-19;3-2(4,5)1(6)7/h1-6,10,13-14H,7-9H2,(H,18,22)(H,20,21);(H,6,7)/t13-,14+;/m1./s1. The second-order valence-electron chi connectivity index (χ2n) is 6.27. The van der Waals surface area contributed by atoms with E-state index in [9.17, 15) is 22.8 Å². The van der Waals surface area contributed by atoms with Gasteiger partial charge in [0.15, 0.2) is 0 Å². The molecule has 2 aromatic rings. The van der Waals surface area contributed by atoms with E-state index < -0.39 is 18.1 Å². The predicted octanol–water partition coefficient (Wildman–Crippen LogP) is 1.51. The molecule has 3 rings (SSSR count). The Bertz CT molecular complexity index is 886. The minimum absolute atomic E-state index is 0.00338. The molecule has 0 unspecified atom stereocenters. The first kappa shape index (κ1) is 22.9. The molecule has 9 nitrogen and oxygen atoms in total. The average Bonchev–Trinajstić information content (AvgIpc) is 3.32. The van der Waals surface area contributed by atoms with Gasteiger partial charge < -0.3 is 24.8 Å². The lowest BCUT2D eigenvalue weighted by Crippen LogP contribution is -2.40. The van der Waals surface area contributed by atoms with Crippen LogP contribution in [0.15, 0.2) is 43.0 Å². The second kappa shape index (κ2) is 9.87. The molecule has 1 aliphatic heterocycles. The van der Waals surface area contributed by atoms with Crippen LogP contribution >= 0.6 is 0 Å². The average molecular weight is 429 g/mol. The molecule has 1 amide bonds. The van der Waals surface area contributed by atoms with Gasteiger partial charge in [-0.1, -0.05) is 12.1 Å². The van der Waals surface area contributed by atoms with Gasteiger partial charge in [-0.05, 0) is 17.7 Å². The molecule has 1 aromatic carbocycles. The van der Waals surface area contributed by atoms with E-state index in [1.807, 2.05) is 10.8 Å². The van der Waals surface area contributed by atoms with E-state index in [0.717, 1.165) is 0 Å². The number of amides is 1. The number of hydrogen-bond acceptors (Lipinski definition) is 5. The highest BCUT2D eigenvalue weighted by Gasteiger charge is 2.38. The molecular formula is C18H18F3N3O6. The lowest BCUT2D eigenvalue weighted by Gasteiger charge is -2.20. The van der Waals surface area contributed by atoms with Crippen molar-refractivity contribution < 1.29 is 42.5 Å². The van der Waals surface area contributed by atoms with Gasteiger partial charge in [0.25, 0.3) is 5.91 Å². The Morgan fingerprint density at radius 2 is 1.93 bits per heavy atom. The van der Waals surface area contributed by atoms with Crippen LogP contribution in [0.5, 0.6) is 0 Å². The second-order valence-corrected chi connectivity index (χ2v) is 6.27. The molecule has 30 heavy (non-hydrogen) atoms. The molecule has 0 radical (unpaired) electrons. The first-order chi connectivity index (χ1) is 14.1. The quantitative estimate of drug-likeness (QED) is 0.657. The van der Waals surface area contributed by atoms with Crippen LogP contribution in [-0.4, -0.2) is 63.0 Å². The molecule has 1 fully saturated rings. The fourth-order valence-corrected chi connectivity index (χ4v) is 2.69. The topological polar surface area (TPSA) is 131 Å². The number of alkyl halides is 3. The van der Waals surface area contributed by atoms with Crippen molar-refractivity contribution in [2.45, 2.75) is 24.7 Å². The van der Waals surface area contributed by atoms with Crippen molar-refractivity contribution >= 4 is 17.8 Å². The number of ether oxygens (including phenoxy) is 1. The largest absolute Gasteiger partial charge is 0.490 e. The monoisotopic (exact) mass is 429 g/mol. The van der Waals surface area contributed by atoms with Gasteiger partial charge in [0.1, 0.15) is 0 Å². The molecule has 1 saturated heterocycles. The van der Waals surface area contributed by atoms with Gasteiger partial charge in [-0.25, -0.2) is 9.78 Å². The molecular weight excluding hydrogens is 411 g/mol. The molecule has 0 saturated carbocycles. The van der Waals surface area contributed by atoms with Crippen LogP contribution in [0.3, 0.4) is 0 Å². The third-order valence-corrected chi connectivity index (χ3v) is 4.06. The van der Waals surface area contributed by atoms with Gasteiger partial charge >= 0.3 is 18.1 Å². The van der Waals surface area contributed by atoms with Crippen molar-refractivity contribution in [3.8, 4) is 0 Å². The van der Waals surface area contributed by atoms with Crippen LogP contribution in [0.4, 0.5) is 13.2 Å². The molecule has 2 heterocycles. The smallest absolute Gasteiger partial charge is 0.481 e. The van der Waals surface area contributed by atoms with Gasteiger partial charge in [0.05, 0.1) is 38.0 Å². The minimum Gasteiger partial charge on any atom is -0.481 e. The highest BCUT2D eigenvalue weighted by Crippen LogP contribution is 2.20. The van der Waals surface area contributed by atoms with Crippen LogP contribution in [-0.2, 0) is 20.7 Å². The number of aromatic nitrogens is 2. The fourth-order valence-electron chi connectivity index (χ4n) is 2.69. The Kier molecular flexibility index (Phi) is 7.53. The molecule has 0 aliphatic carbocycles. The summed E-state index contributed by atoms with van der Waals surface area (Å²) >= 11 is 0. The van der Waals surface area contributed by atoms with Crippen molar-refractivity contribution in [3.63, 3.8) is 0 Å². The number of nitrogens with zero attached hydrogens (tertiary/aromatic N) is 2. The van der Waals surface area contributed by atoms with E-state index in [-0.39, 0.29) is 24.4 Å². The number of hydrogen-bond donors (Lipinski definition) is 3. The number of halogens is 3. The lowest BCUT2D eigenvalue weighted by molar-refractivity contribution is -0.192. The van der Waals surface area contributed by atoms with E-state index >= 15 is 0 Å². The number of rotatable bonds is 5. The summed E-state index contributed by atoms with van der Waals surface area (Å²) in [6, 6.07) is 6.50. The Hall–Kier alpha value is -3.41. The van der Waals surface area contributed by atoms with Crippen LogP contribution in [0.2, 0.25) is 0 Å². The van der Waals surface area contributed by atoms with Crippen molar-refractivity contribution in [2.75, 3.05) is 13.2 Å². The van der Waals surface area contributed by atoms with E-state index in [4.69, 9.17) is 19.7 Å². The van der Waals surface area contributed by atoms with E-state index in [2.05, 4.69) is 10.3 Å². The summed E-state index contributed by atoms with van der Waals surface area (Å²) in [6.07, 6.45) is 0.0376. The van der Waals surface area contributed by atoms with Crippen LogP contribution < -0.4 is 5.32 Å². The van der Waals surface area contributed by atoms with Crippen LogP contribution in [0.1, 0.15) is 22.0 Å². The maximum Gasteiger partial charge on any atom is 0.490 e. The number of carboxylic acids is 2. The third kappa shape index (κ3) is 6.58. The number of carbonyl (C=O) groups is 3. The molecule has 1 aliphatic rings. The number of carboxylic acid groups (broad SMARTS) is 2. The zero-order valence-electron chi connectivity index (χ0n) is 15.4. The third-order valence-electron chi connectivity index (χ3n) is 4.06. The van der Waals surface area contributed by atoms with Crippen molar-refractivity contribution in [1.82, 2.24) is 14.9 Å². The number of nitrogens with one attached hydrogen (secondary N) is 1. The SMILES string of the molecule is O=C(O)C(F)(F)F.O=C(O)Cc1cccc(C(=O)N[C@@H]2COC[C@@H]2n2ccnc2)c1. The highest BCUT2D eigenvalue weighted by molar-refractivity contribution is 5.94. The summed E-state index contributed by atoms with van der Waals surface area (Å²) in [5, 5.41) is 18.9. The zero-order chi connectivity index (χ0) is 22.3. The zero-order valence-corrected chi connectivity index (χ0v) is 15.4. The summed E-state index contributed by atoms with van der Waals surface area (Å²) in [5.41, 5.74) is 1.04. The summed E-state index contributed by atoms with van der Waals surface area (Å²) in [4.78, 5) is 36.1. The molecule has 0 bridgehead atoms. The maximum absolute atomic E-state index is 12.4. The van der Waals surface area contributed by atoms with Gasteiger partial charge in [-0.3, -0.25) is 9.59 Å². The number of carbonyl (C=O) groups excluding carboxylic acids is 1. The fraction of sp³-hybridized carbons (Fsp3) is 0.333. The number of imidazole rings is 1. The highest BCUT2D eigenvalue weighted by atomic mass is 19.4. The molecule has 1 aromatic heterocycles. The Morgan fingerprint density at radius 1 is 1.23 bits per heavy atom. The Morgan fingerprint density at radius 3 is 2.50 bits per heavy atom. The van der Waals surface area contributed by atoms with E-state index in [1.54, 1.807) is 36.8 Å². The van der Waals surface area contributed by atoms with Crippen molar-refractivity contribution in [3.05, 3.63) is 54.1 Å². The summed E-state index contributed by atoms with van der Waals surface area (Å²) in [7, 11) is 0. The molecule has 162 valence electrons. The molecule has 3 N–H and O–H groups in total. The molecule has 0 spiro atoms. The van der Waals surface area contributed by atoms with Crippen molar-refractivity contribution in [2.24, 2.45) is 0 Å². The van der Waals surface area contributed by atoms with Gasteiger partial charge in [0, 0.05) is 18.0 Å². The summed E-state index contributed by atoms with van der Waals surface area (Å²) < 4.78 is 39.1. The molecule has 12 heteroatoms. The Balaban J connectivity index is 0.000000396. The van der Waals surface area contributed by atoms with Gasteiger partial charge in [-0.2, -0.15) is 13.2 Å². The first-order valence-electron chi connectivity index (χ1n) is 8.55. The summed E-state index contributed by atoms with van der Waals surface area (Å²) in [5.74, 6) is -3.92. The normalized spacial score (nSPS) is 18.2. The number of benzene rings is 1. The molecule has 2 atom stereocenters. The first-order valence-corrected chi connectivity index (χ1v) is 8.55. The van der Waals surface area contributed by atoms with Crippen LogP contribution in [0, 0.1) is 0 Å². The lowest BCUT2D eigenvalue weighted by atomic mass is 10.1. The van der Waals surface area contributed by atoms with E-state index in [0.29, 0.717) is 24.3 Å². The van der Waals surface area contributed by atoms with Crippen molar-refractivity contribution in [1.29, 1.82) is 0 Å². The van der Waals surface area contributed by atoms with Gasteiger partial charge in [-0.15, -0.1) is 0 Å². The minimum atomic E-state index is -5.08. The Labute approximate surface area is 168 Å². The predicted molar refractivity (Wildman–Crippen MR) is 94.8 cm³/mol. The van der Waals surface area contributed by atoms with Crippen LogP contribution in [0.25, 0.3) is 0 Å². The number of aliphatic carboxylic acids is 2. The van der Waals surface area contributed by atoms with E-state index in [1.165, 1.54) is 0 Å². The maximum atomic E-state index is 12.4. The summed E-state index contributed by atoms with van der Waals surface area (Å²) in [6.45, 7) is 0.948. The van der Waals surface area contributed by atoms with Gasteiger partial charge in [0.2, 0.25) is 0 Å².